The van der Waals surface area contributed by atoms with Gasteiger partial charge in [0.15, 0.2) is 0 Å². The molecule has 4 heteroatoms. The van der Waals surface area contributed by atoms with E-state index in [0.717, 1.165) is 11.6 Å². The maximum absolute atomic E-state index is 11.3. The molecule has 14 heavy (non-hydrogen) atoms. The van der Waals surface area contributed by atoms with Gasteiger partial charge >= 0.3 is 0 Å². The standard InChI is InChI=1S/C10H12N2O2/c1-4-9(13)11-8-5-7(2)6-10(14)12(8)3/h4-6H,1H2,2-3H3,(H,11,13). The van der Waals surface area contributed by atoms with E-state index < -0.39 is 0 Å². The molecule has 4 nitrogen and oxygen atoms in total. The predicted molar refractivity (Wildman–Crippen MR) is 55.2 cm³/mol. The van der Waals surface area contributed by atoms with Crippen molar-refractivity contribution in [3.8, 4) is 0 Å². The van der Waals surface area contributed by atoms with Crippen molar-refractivity contribution in [1.82, 2.24) is 4.57 Å². The van der Waals surface area contributed by atoms with Crippen molar-refractivity contribution in [1.29, 1.82) is 0 Å². The van der Waals surface area contributed by atoms with Crippen LogP contribution in [0.1, 0.15) is 5.56 Å². The molecule has 1 aromatic rings. The van der Waals surface area contributed by atoms with Gasteiger partial charge in [-0.25, -0.2) is 0 Å². The lowest BCUT2D eigenvalue weighted by Gasteiger charge is -2.08. The summed E-state index contributed by atoms with van der Waals surface area (Å²) in [7, 11) is 1.60. The molecule has 0 aromatic carbocycles. The van der Waals surface area contributed by atoms with E-state index in [4.69, 9.17) is 0 Å². The van der Waals surface area contributed by atoms with Crippen molar-refractivity contribution < 1.29 is 4.79 Å². The molecule has 1 N–H and O–H groups in total. The Kier molecular flexibility index (Phi) is 2.86. The number of carbonyl (C=O) groups is 1. The van der Waals surface area contributed by atoms with E-state index in [0.29, 0.717) is 5.82 Å². The van der Waals surface area contributed by atoms with Crippen molar-refractivity contribution in [3.05, 3.63) is 40.7 Å². The van der Waals surface area contributed by atoms with Crippen LogP contribution in [-0.2, 0) is 11.8 Å². The lowest BCUT2D eigenvalue weighted by atomic mass is 10.3. The van der Waals surface area contributed by atoms with Gasteiger partial charge < -0.3 is 5.32 Å². The van der Waals surface area contributed by atoms with Crippen LogP contribution in [0.3, 0.4) is 0 Å². The average molecular weight is 192 g/mol. The van der Waals surface area contributed by atoms with Gasteiger partial charge in [-0.3, -0.25) is 14.2 Å². The molecule has 1 heterocycles. The second-order valence-corrected chi connectivity index (χ2v) is 3.01. The van der Waals surface area contributed by atoms with Crippen molar-refractivity contribution >= 4 is 11.7 Å². The molecule has 0 spiro atoms. The van der Waals surface area contributed by atoms with Gasteiger partial charge in [-0.05, 0) is 24.6 Å². The summed E-state index contributed by atoms with van der Waals surface area (Å²) in [4.78, 5) is 22.3. The van der Waals surface area contributed by atoms with E-state index in [1.165, 1.54) is 10.6 Å². The number of pyridine rings is 1. The maximum atomic E-state index is 11.3. The highest BCUT2D eigenvalue weighted by Crippen LogP contribution is 2.05. The molecule has 0 aliphatic rings. The van der Waals surface area contributed by atoms with E-state index in [-0.39, 0.29) is 11.5 Å². The van der Waals surface area contributed by atoms with Crippen LogP contribution in [0, 0.1) is 6.92 Å². The van der Waals surface area contributed by atoms with Gasteiger partial charge in [-0.1, -0.05) is 6.58 Å². The van der Waals surface area contributed by atoms with Crippen LogP contribution < -0.4 is 10.9 Å². The highest BCUT2D eigenvalue weighted by atomic mass is 16.2. The summed E-state index contributed by atoms with van der Waals surface area (Å²) in [6.07, 6.45) is 1.16. The summed E-state index contributed by atoms with van der Waals surface area (Å²) in [5.74, 6) is 0.144. The van der Waals surface area contributed by atoms with Gasteiger partial charge in [-0.15, -0.1) is 0 Å². The third kappa shape index (κ3) is 2.10. The number of rotatable bonds is 2. The number of amides is 1. The second kappa shape index (κ2) is 3.91. The Bertz CT molecular complexity index is 432. The molecular formula is C10H12N2O2. The molecule has 0 bridgehead atoms. The molecular weight excluding hydrogens is 180 g/mol. The van der Waals surface area contributed by atoms with Crippen molar-refractivity contribution in [2.24, 2.45) is 7.05 Å². The summed E-state index contributed by atoms with van der Waals surface area (Å²) in [6, 6.07) is 3.23. The monoisotopic (exact) mass is 192 g/mol. The molecule has 1 rings (SSSR count). The quantitative estimate of drug-likeness (QED) is 0.705. The first-order valence-corrected chi connectivity index (χ1v) is 4.15. The topological polar surface area (TPSA) is 51.1 Å². The average Bonchev–Trinajstić information content (AvgIpc) is 2.13. The first kappa shape index (κ1) is 10.2. The summed E-state index contributed by atoms with van der Waals surface area (Å²) in [5.41, 5.74) is 0.664. The number of aromatic nitrogens is 1. The molecule has 1 amide bonds. The third-order valence-electron chi connectivity index (χ3n) is 1.84. The molecule has 0 saturated heterocycles. The molecule has 0 radical (unpaired) electrons. The van der Waals surface area contributed by atoms with E-state index >= 15 is 0 Å². The van der Waals surface area contributed by atoms with Gasteiger partial charge in [0.2, 0.25) is 5.91 Å². The number of aryl methyl sites for hydroxylation is 1. The Morgan fingerprint density at radius 1 is 1.57 bits per heavy atom. The van der Waals surface area contributed by atoms with Crippen LogP contribution in [-0.4, -0.2) is 10.5 Å². The summed E-state index contributed by atoms with van der Waals surface area (Å²) in [5, 5.41) is 2.55. The first-order chi connectivity index (χ1) is 6.54. The minimum Gasteiger partial charge on any atom is -0.308 e. The molecule has 0 aliphatic carbocycles. The molecule has 0 fully saturated rings. The Morgan fingerprint density at radius 3 is 2.79 bits per heavy atom. The van der Waals surface area contributed by atoms with Crippen LogP contribution in [0.2, 0.25) is 0 Å². The number of carbonyl (C=O) groups excluding carboxylic acids is 1. The number of nitrogens with one attached hydrogen (secondary N) is 1. The van der Waals surface area contributed by atoms with E-state index in [1.807, 2.05) is 0 Å². The summed E-state index contributed by atoms with van der Waals surface area (Å²) < 4.78 is 1.37. The van der Waals surface area contributed by atoms with Crippen molar-refractivity contribution in [2.75, 3.05) is 5.32 Å². The number of nitrogens with zero attached hydrogens (tertiary/aromatic N) is 1. The number of anilines is 1. The largest absolute Gasteiger partial charge is 0.308 e. The Balaban J connectivity index is 3.14. The maximum Gasteiger partial charge on any atom is 0.252 e. The molecule has 0 aliphatic heterocycles. The fraction of sp³-hybridized carbons (Fsp3) is 0.200. The molecule has 0 unspecified atom stereocenters. The number of hydrogen-bond acceptors (Lipinski definition) is 2. The Hall–Kier alpha value is -1.84. The molecule has 0 atom stereocenters. The summed E-state index contributed by atoms with van der Waals surface area (Å²) >= 11 is 0. The van der Waals surface area contributed by atoms with Gasteiger partial charge in [0, 0.05) is 13.1 Å². The van der Waals surface area contributed by atoms with Crippen LogP contribution in [0.5, 0.6) is 0 Å². The van der Waals surface area contributed by atoms with Crippen LogP contribution in [0.4, 0.5) is 5.82 Å². The predicted octanol–water partition coefficient (Wildman–Crippen LogP) is 0.818. The summed E-state index contributed by atoms with van der Waals surface area (Å²) in [6.45, 7) is 5.13. The lowest BCUT2D eigenvalue weighted by Crippen LogP contribution is -2.22. The highest BCUT2D eigenvalue weighted by molar-refractivity contribution is 5.98. The van der Waals surface area contributed by atoms with Gasteiger partial charge in [0.05, 0.1) is 0 Å². The SMILES string of the molecule is C=CC(=O)Nc1cc(C)cc(=O)n1C. The normalized spacial score (nSPS) is 9.57. The van der Waals surface area contributed by atoms with Gasteiger partial charge in [0.25, 0.3) is 5.56 Å². The molecule has 0 saturated carbocycles. The molecule has 74 valence electrons. The fourth-order valence-electron chi connectivity index (χ4n) is 1.06. The zero-order valence-electron chi connectivity index (χ0n) is 8.20. The van der Waals surface area contributed by atoms with E-state index in [1.54, 1.807) is 20.0 Å². The molecule has 1 aromatic heterocycles. The van der Waals surface area contributed by atoms with E-state index in [2.05, 4.69) is 11.9 Å². The second-order valence-electron chi connectivity index (χ2n) is 3.01. The van der Waals surface area contributed by atoms with Crippen molar-refractivity contribution in [2.45, 2.75) is 6.92 Å². The zero-order valence-corrected chi connectivity index (χ0v) is 8.20. The minimum atomic E-state index is -0.328. The Morgan fingerprint density at radius 2 is 2.21 bits per heavy atom. The third-order valence-corrected chi connectivity index (χ3v) is 1.84. The minimum absolute atomic E-state index is 0.149. The smallest absolute Gasteiger partial charge is 0.252 e. The zero-order chi connectivity index (χ0) is 10.7. The van der Waals surface area contributed by atoms with Gasteiger partial charge in [-0.2, -0.15) is 0 Å². The van der Waals surface area contributed by atoms with Crippen LogP contribution in [0.15, 0.2) is 29.6 Å². The van der Waals surface area contributed by atoms with E-state index in [9.17, 15) is 9.59 Å². The lowest BCUT2D eigenvalue weighted by molar-refractivity contribution is -0.111. The first-order valence-electron chi connectivity index (χ1n) is 4.15. The fourth-order valence-corrected chi connectivity index (χ4v) is 1.06. The van der Waals surface area contributed by atoms with Crippen LogP contribution in [0.25, 0.3) is 0 Å². The number of hydrogen-bond donors (Lipinski definition) is 1. The van der Waals surface area contributed by atoms with Gasteiger partial charge in [0.1, 0.15) is 5.82 Å². The Labute approximate surface area is 81.9 Å². The van der Waals surface area contributed by atoms with Crippen molar-refractivity contribution in [3.63, 3.8) is 0 Å². The van der Waals surface area contributed by atoms with Crippen LogP contribution >= 0.6 is 0 Å². The highest BCUT2D eigenvalue weighted by Gasteiger charge is 2.02.